The minimum atomic E-state index is -0.794. The first kappa shape index (κ1) is 8.07. The summed E-state index contributed by atoms with van der Waals surface area (Å²) in [6.45, 7) is 0. The van der Waals surface area contributed by atoms with Crippen molar-refractivity contribution in [1.29, 1.82) is 0 Å². The Balaban J connectivity index is 2.80. The van der Waals surface area contributed by atoms with Crippen molar-refractivity contribution in [3.05, 3.63) is 33.0 Å². The van der Waals surface area contributed by atoms with E-state index in [1.54, 1.807) is 6.08 Å². The summed E-state index contributed by atoms with van der Waals surface area (Å²) in [5, 5.41) is 10.8. The molecule has 0 heterocycles. The largest absolute Gasteiger partial charge is 0.396 e. The van der Waals surface area contributed by atoms with Crippen LogP contribution in [0.15, 0.2) is 22.9 Å². The van der Waals surface area contributed by atoms with Gasteiger partial charge in [0.05, 0.1) is 5.70 Å². The predicted molar refractivity (Wildman–Crippen MR) is 41.6 cm³/mol. The highest BCUT2D eigenvalue weighted by Crippen LogP contribution is 2.18. The Morgan fingerprint density at radius 1 is 1.82 bits per heavy atom. The van der Waals surface area contributed by atoms with Gasteiger partial charge in [0.2, 0.25) is 0 Å². The molecule has 1 unspecified atom stereocenters. The van der Waals surface area contributed by atoms with Gasteiger partial charge in [-0.3, -0.25) is 10.1 Å². The van der Waals surface area contributed by atoms with Gasteiger partial charge in [0, 0.05) is 16.4 Å². The molecule has 0 spiro atoms. The smallest absolute Gasteiger partial charge is 0.255 e. The van der Waals surface area contributed by atoms with E-state index in [0.717, 1.165) is 0 Å². The second-order valence-corrected chi connectivity index (χ2v) is 2.71. The van der Waals surface area contributed by atoms with Crippen molar-refractivity contribution in [2.75, 3.05) is 0 Å². The summed E-state index contributed by atoms with van der Waals surface area (Å²) in [5.41, 5.74) is 5.59. The molecular formula is C6H7ClN2O2. The van der Waals surface area contributed by atoms with E-state index in [2.05, 4.69) is 0 Å². The highest BCUT2D eigenvalue weighted by Gasteiger charge is 2.24. The van der Waals surface area contributed by atoms with Gasteiger partial charge in [-0.05, 0) is 6.08 Å². The van der Waals surface area contributed by atoms with Gasteiger partial charge in [-0.25, -0.2) is 0 Å². The molecule has 1 aliphatic carbocycles. The number of hydrogen-bond acceptors (Lipinski definition) is 3. The topological polar surface area (TPSA) is 69.2 Å². The maximum absolute atomic E-state index is 10.3. The molecule has 11 heavy (non-hydrogen) atoms. The molecule has 0 amide bonds. The van der Waals surface area contributed by atoms with E-state index in [-0.39, 0.29) is 12.1 Å². The minimum Gasteiger partial charge on any atom is -0.396 e. The Hall–Kier alpha value is -1.03. The summed E-state index contributed by atoms with van der Waals surface area (Å²) >= 11 is 5.56. The monoisotopic (exact) mass is 174 g/mol. The SMILES string of the molecule is NC1=CC(Cl)=CCC1[N+](=O)[O-]. The first-order valence-electron chi connectivity index (χ1n) is 3.07. The normalized spacial score (nSPS) is 23.9. The number of nitrogens with zero attached hydrogens (tertiary/aromatic N) is 1. The summed E-state index contributed by atoms with van der Waals surface area (Å²) in [6.07, 6.45) is 3.29. The van der Waals surface area contributed by atoms with Crippen molar-refractivity contribution in [2.24, 2.45) is 5.73 Å². The second kappa shape index (κ2) is 2.92. The van der Waals surface area contributed by atoms with Crippen LogP contribution in [0.2, 0.25) is 0 Å². The zero-order chi connectivity index (χ0) is 8.43. The molecule has 0 saturated carbocycles. The molecule has 2 N–H and O–H groups in total. The zero-order valence-electron chi connectivity index (χ0n) is 5.66. The number of halogens is 1. The molecule has 4 nitrogen and oxygen atoms in total. The van der Waals surface area contributed by atoms with Crippen molar-refractivity contribution in [3.8, 4) is 0 Å². The Morgan fingerprint density at radius 3 is 2.91 bits per heavy atom. The third kappa shape index (κ3) is 1.71. The Bertz CT molecular complexity index is 247. The first-order chi connectivity index (χ1) is 5.11. The van der Waals surface area contributed by atoms with Crippen LogP contribution in [0, 0.1) is 10.1 Å². The summed E-state index contributed by atoms with van der Waals surface area (Å²) in [7, 11) is 0. The number of hydrogen-bond donors (Lipinski definition) is 1. The Labute approximate surface area is 68.5 Å². The number of allylic oxidation sites excluding steroid dienone is 2. The molecular weight excluding hydrogens is 168 g/mol. The molecule has 0 fully saturated rings. The van der Waals surface area contributed by atoms with Crippen LogP contribution < -0.4 is 5.73 Å². The Kier molecular flexibility index (Phi) is 2.14. The molecule has 0 radical (unpaired) electrons. The van der Waals surface area contributed by atoms with Gasteiger partial charge in [0.25, 0.3) is 6.04 Å². The Morgan fingerprint density at radius 2 is 2.45 bits per heavy atom. The van der Waals surface area contributed by atoms with Crippen LogP contribution >= 0.6 is 11.6 Å². The maximum Gasteiger partial charge on any atom is 0.255 e. The van der Waals surface area contributed by atoms with Crippen molar-refractivity contribution in [2.45, 2.75) is 12.5 Å². The summed E-state index contributed by atoms with van der Waals surface area (Å²) in [5.74, 6) is 0. The lowest BCUT2D eigenvalue weighted by Crippen LogP contribution is -2.27. The van der Waals surface area contributed by atoms with Crippen LogP contribution in [0.4, 0.5) is 0 Å². The zero-order valence-corrected chi connectivity index (χ0v) is 6.41. The van der Waals surface area contributed by atoms with E-state index in [1.807, 2.05) is 0 Å². The van der Waals surface area contributed by atoms with Gasteiger partial charge in [-0.2, -0.15) is 0 Å². The molecule has 0 saturated heterocycles. The van der Waals surface area contributed by atoms with Crippen LogP contribution in [0.1, 0.15) is 6.42 Å². The molecule has 5 heteroatoms. The van der Waals surface area contributed by atoms with Crippen molar-refractivity contribution < 1.29 is 4.92 Å². The molecule has 1 aliphatic rings. The fourth-order valence-electron chi connectivity index (χ4n) is 0.882. The van der Waals surface area contributed by atoms with E-state index in [1.165, 1.54) is 6.08 Å². The van der Waals surface area contributed by atoms with Crippen LogP contribution in [0.3, 0.4) is 0 Å². The van der Waals surface area contributed by atoms with Crippen LogP contribution in [-0.4, -0.2) is 11.0 Å². The van der Waals surface area contributed by atoms with Gasteiger partial charge in [0.1, 0.15) is 0 Å². The molecule has 0 aromatic carbocycles. The molecule has 0 aliphatic heterocycles. The average molecular weight is 175 g/mol. The van der Waals surface area contributed by atoms with Crippen molar-refractivity contribution >= 4 is 11.6 Å². The molecule has 0 aromatic rings. The number of nitro groups is 1. The third-order valence-corrected chi connectivity index (χ3v) is 1.74. The van der Waals surface area contributed by atoms with E-state index < -0.39 is 11.0 Å². The lowest BCUT2D eigenvalue weighted by molar-refractivity contribution is -0.511. The van der Waals surface area contributed by atoms with Gasteiger partial charge in [-0.15, -0.1) is 0 Å². The van der Waals surface area contributed by atoms with E-state index in [0.29, 0.717) is 5.03 Å². The van der Waals surface area contributed by atoms with Crippen molar-refractivity contribution in [3.63, 3.8) is 0 Å². The highest BCUT2D eigenvalue weighted by atomic mass is 35.5. The number of nitrogens with two attached hydrogens (primary N) is 1. The molecule has 0 bridgehead atoms. The quantitative estimate of drug-likeness (QED) is 0.476. The highest BCUT2D eigenvalue weighted by molar-refractivity contribution is 6.31. The first-order valence-corrected chi connectivity index (χ1v) is 3.45. The van der Waals surface area contributed by atoms with Gasteiger partial charge >= 0.3 is 0 Å². The second-order valence-electron chi connectivity index (χ2n) is 2.27. The number of rotatable bonds is 1. The van der Waals surface area contributed by atoms with Gasteiger partial charge < -0.3 is 5.73 Å². The lowest BCUT2D eigenvalue weighted by Gasteiger charge is -2.10. The summed E-state index contributed by atoms with van der Waals surface area (Å²) in [6, 6.07) is -0.794. The fraction of sp³-hybridized carbons (Fsp3) is 0.333. The molecule has 1 rings (SSSR count). The van der Waals surface area contributed by atoms with Crippen LogP contribution in [-0.2, 0) is 0 Å². The molecule has 60 valence electrons. The van der Waals surface area contributed by atoms with Crippen LogP contribution in [0.5, 0.6) is 0 Å². The fourth-order valence-corrected chi connectivity index (χ4v) is 1.10. The maximum atomic E-state index is 10.3. The minimum absolute atomic E-state index is 0.225. The molecule has 0 aromatic heterocycles. The van der Waals surface area contributed by atoms with E-state index in [9.17, 15) is 10.1 Å². The summed E-state index contributed by atoms with van der Waals surface area (Å²) in [4.78, 5) is 9.87. The van der Waals surface area contributed by atoms with Gasteiger partial charge in [0.15, 0.2) is 0 Å². The lowest BCUT2D eigenvalue weighted by atomic mass is 10.1. The average Bonchev–Trinajstić information content (AvgIpc) is 1.85. The van der Waals surface area contributed by atoms with E-state index in [4.69, 9.17) is 17.3 Å². The molecule has 1 atom stereocenters. The van der Waals surface area contributed by atoms with Crippen LogP contribution in [0.25, 0.3) is 0 Å². The summed E-state index contributed by atoms with van der Waals surface area (Å²) < 4.78 is 0. The third-order valence-electron chi connectivity index (χ3n) is 1.48. The standard InChI is InChI=1S/C6H7ClN2O2/c7-4-1-2-6(9(10)11)5(8)3-4/h1,3,6H,2,8H2. The van der Waals surface area contributed by atoms with E-state index >= 15 is 0 Å². The van der Waals surface area contributed by atoms with Crippen molar-refractivity contribution in [1.82, 2.24) is 0 Å². The predicted octanol–water partition coefficient (Wildman–Crippen LogP) is 1.00. The van der Waals surface area contributed by atoms with Gasteiger partial charge in [-0.1, -0.05) is 17.7 Å².